The predicted octanol–water partition coefficient (Wildman–Crippen LogP) is 3.23. The topological polar surface area (TPSA) is 34.1 Å². The molecule has 0 saturated heterocycles. The molecule has 88 valence electrons. The van der Waals surface area contributed by atoms with E-state index in [0.29, 0.717) is 18.3 Å². The van der Waals surface area contributed by atoms with Gasteiger partial charge in [-0.05, 0) is 24.3 Å². The molecule has 1 N–H and O–H groups in total. The van der Waals surface area contributed by atoms with E-state index < -0.39 is 0 Å². The molecule has 0 aliphatic rings. The summed E-state index contributed by atoms with van der Waals surface area (Å²) in [6, 6.07) is 15.2. The zero-order valence-corrected chi connectivity index (χ0v) is 10.0. The lowest BCUT2D eigenvalue weighted by Gasteiger charge is -2.07. The number of anilines is 1. The van der Waals surface area contributed by atoms with Gasteiger partial charge in [-0.3, -0.25) is 0 Å². The van der Waals surface area contributed by atoms with Gasteiger partial charge in [0.25, 0.3) is 0 Å². The lowest BCUT2D eigenvalue weighted by Crippen LogP contribution is -2.12. The van der Waals surface area contributed by atoms with Crippen LogP contribution < -0.4 is 10.1 Å². The highest BCUT2D eigenvalue weighted by atomic mass is 35.5. The Bertz CT molecular complexity index is 462. The number of benzene rings is 1. The van der Waals surface area contributed by atoms with Crippen molar-refractivity contribution >= 4 is 17.4 Å². The number of aromatic nitrogens is 1. The molecule has 0 saturated carbocycles. The maximum atomic E-state index is 5.77. The standard InChI is InChI=1S/C13H13ClN2O/c14-12-7-4-8-13(16-12)15-9-10-17-11-5-2-1-3-6-11/h1-8H,9-10H2,(H,15,16). The minimum Gasteiger partial charge on any atom is -0.492 e. The Morgan fingerprint density at radius 1 is 1.06 bits per heavy atom. The van der Waals surface area contributed by atoms with E-state index in [2.05, 4.69) is 10.3 Å². The largest absolute Gasteiger partial charge is 0.492 e. The van der Waals surface area contributed by atoms with Gasteiger partial charge in [0.1, 0.15) is 23.3 Å². The van der Waals surface area contributed by atoms with E-state index in [1.54, 1.807) is 6.07 Å². The zero-order valence-electron chi connectivity index (χ0n) is 9.27. The molecular formula is C13H13ClN2O. The Balaban J connectivity index is 1.73. The second kappa shape index (κ2) is 6.11. The lowest BCUT2D eigenvalue weighted by atomic mass is 10.3. The Morgan fingerprint density at radius 3 is 2.65 bits per heavy atom. The van der Waals surface area contributed by atoms with Crippen molar-refractivity contribution in [2.45, 2.75) is 0 Å². The van der Waals surface area contributed by atoms with Crippen molar-refractivity contribution in [2.24, 2.45) is 0 Å². The van der Waals surface area contributed by atoms with Crippen LogP contribution in [0.2, 0.25) is 5.15 Å². The van der Waals surface area contributed by atoms with Crippen LogP contribution >= 0.6 is 11.6 Å². The number of pyridine rings is 1. The number of halogens is 1. The number of nitrogens with one attached hydrogen (secondary N) is 1. The quantitative estimate of drug-likeness (QED) is 0.652. The normalized spacial score (nSPS) is 9.94. The van der Waals surface area contributed by atoms with Crippen LogP contribution in [-0.2, 0) is 0 Å². The SMILES string of the molecule is Clc1cccc(NCCOc2ccccc2)n1. The van der Waals surface area contributed by atoms with E-state index in [4.69, 9.17) is 16.3 Å². The van der Waals surface area contributed by atoms with Gasteiger partial charge in [-0.25, -0.2) is 4.98 Å². The summed E-state index contributed by atoms with van der Waals surface area (Å²) >= 11 is 5.77. The highest BCUT2D eigenvalue weighted by Crippen LogP contribution is 2.10. The third kappa shape index (κ3) is 3.96. The van der Waals surface area contributed by atoms with E-state index in [0.717, 1.165) is 11.6 Å². The number of ether oxygens (including phenoxy) is 1. The molecule has 1 aromatic heterocycles. The van der Waals surface area contributed by atoms with E-state index in [9.17, 15) is 0 Å². The van der Waals surface area contributed by atoms with Gasteiger partial charge in [0.2, 0.25) is 0 Å². The number of para-hydroxylation sites is 1. The van der Waals surface area contributed by atoms with Crippen molar-refractivity contribution in [3.63, 3.8) is 0 Å². The molecule has 0 atom stereocenters. The Morgan fingerprint density at radius 2 is 1.88 bits per heavy atom. The van der Waals surface area contributed by atoms with Crippen LogP contribution in [0.25, 0.3) is 0 Å². The molecule has 2 rings (SSSR count). The minimum atomic E-state index is 0.485. The van der Waals surface area contributed by atoms with Gasteiger partial charge in [0, 0.05) is 0 Å². The summed E-state index contributed by atoms with van der Waals surface area (Å²) in [6.07, 6.45) is 0. The Kier molecular flexibility index (Phi) is 4.22. The third-order valence-electron chi connectivity index (χ3n) is 2.14. The van der Waals surface area contributed by atoms with Crippen molar-refractivity contribution in [2.75, 3.05) is 18.5 Å². The van der Waals surface area contributed by atoms with Gasteiger partial charge in [0.05, 0.1) is 6.54 Å². The molecule has 0 radical (unpaired) electrons. The molecule has 0 fully saturated rings. The van der Waals surface area contributed by atoms with E-state index in [1.807, 2.05) is 42.5 Å². The molecule has 3 nitrogen and oxygen atoms in total. The summed E-state index contributed by atoms with van der Waals surface area (Å²) < 4.78 is 5.53. The molecule has 0 unspecified atom stereocenters. The molecular weight excluding hydrogens is 236 g/mol. The van der Waals surface area contributed by atoms with Gasteiger partial charge >= 0.3 is 0 Å². The summed E-state index contributed by atoms with van der Waals surface area (Å²) in [5, 5.41) is 3.62. The van der Waals surface area contributed by atoms with Crippen molar-refractivity contribution in [3.05, 3.63) is 53.7 Å². The molecule has 2 aromatic rings. The molecule has 4 heteroatoms. The van der Waals surface area contributed by atoms with Gasteiger partial charge in [-0.15, -0.1) is 0 Å². The van der Waals surface area contributed by atoms with Gasteiger partial charge < -0.3 is 10.1 Å². The van der Waals surface area contributed by atoms with E-state index in [1.165, 1.54) is 0 Å². The molecule has 0 aliphatic heterocycles. The maximum absolute atomic E-state index is 5.77. The molecule has 17 heavy (non-hydrogen) atoms. The van der Waals surface area contributed by atoms with Crippen molar-refractivity contribution < 1.29 is 4.74 Å². The highest BCUT2D eigenvalue weighted by molar-refractivity contribution is 6.29. The van der Waals surface area contributed by atoms with Crippen LogP contribution in [0.1, 0.15) is 0 Å². The predicted molar refractivity (Wildman–Crippen MR) is 69.7 cm³/mol. The summed E-state index contributed by atoms with van der Waals surface area (Å²) in [7, 11) is 0. The lowest BCUT2D eigenvalue weighted by molar-refractivity contribution is 0.333. The first-order chi connectivity index (χ1) is 8.34. The third-order valence-corrected chi connectivity index (χ3v) is 2.35. The summed E-state index contributed by atoms with van der Waals surface area (Å²) in [4.78, 5) is 4.12. The Labute approximate surface area is 105 Å². The number of hydrogen-bond acceptors (Lipinski definition) is 3. The van der Waals surface area contributed by atoms with Crippen LogP contribution in [0.3, 0.4) is 0 Å². The average Bonchev–Trinajstić information content (AvgIpc) is 2.36. The molecule has 1 aromatic carbocycles. The first-order valence-electron chi connectivity index (χ1n) is 5.39. The average molecular weight is 249 g/mol. The fourth-order valence-corrected chi connectivity index (χ4v) is 1.54. The smallest absolute Gasteiger partial charge is 0.131 e. The maximum Gasteiger partial charge on any atom is 0.131 e. The molecule has 0 bridgehead atoms. The van der Waals surface area contributed by atoms with Gasteiger partial charge in [-0.1, -0.05) is 35.9 Å². The van der Waals surface area contributed by atoms with Gasteiger partial charge in [-0.2, -0.15) is 0 Å². The van der Waals surface area contributed by atoms with Crippen LogP contribution in [0, 0.1) is 0 Å². The fourth-order valence-electron chi connectivity index (χ4n) is 1.37. The number of hydrogen-bond donors (Lipinski definition) is 1. The molecule has 1 heterocycles. The van der Waals surface area contributed by atoms with Crippen molar-refractivity contribution in [1.82, 2.24) is 4.98 Å². The fraction of sp³-hybridized carbons (Fsp3) is 0.154. The van der Waals surface area contributed by atoms with Crippen LogP contribution in [0.5, 0.6) is 5.75 Å². The van der Waals surface area contributed by atoms with Crippen LogP contribution in [0.4, 0.5) is 5.82 Å². The zero-order chi connectivity index (χ0) is 11.9. The summed E-state index contributed by atoms with van der Waals surface area (Å²) in [6.45, 7) is 1.26. The summed E-state index contributed by atoms with van der Waals surface area (Å²) in [5.41, 5.74) is 0. The Hall–Kier alpha value is -1.74. The first kappa shape index (κ1) is 11.7. The number of nitrogens with zero attached hydrogens (tertiary/aromatic N) is 1. The van der Waals surface area contributed by atoms with Gasteiger partial charge in [0.15, 0.2) is 0 Å². The number of rotatable bonds is 5. The van der Waals surface area contributed by atoms with E-state index >= 15 is 0 Å². The minimum absolute atomic E-state index is 0.485. The second-order valence-corrected chi connectivity index (χ2v) is 3.82. The first-order valence-corrected chi connectivity index (χ1v) is 5.77. The summed E-state index contributed by atoms with van der Waals surface area (Å²) in [5.74, 6) is 1.63. The van der Waals surface area contributed by atoms with Crippen molar-refractivity contribution in [1.29, 1.82) is 0 Å². The monoisotopic (exact) mass is 248 g/mol. The van der Waals surface area contributed by atoms with Crippen LogP contribution in [0.15, 0.2) is 48.5 Å². The highest BCUT2D eigenvalue weighted by Gasteiger charge is 1.95. The van der Waals surface area contributed by atoms with E-state index in [-0.39, 0.29) is 0 Å². The molecule has 0 amide bonds. The molecule has 0 spiro atoms. The molecule has 0 aliphatic carbocycles. The van der Waals surface area contributed by atoms with Crippen LogP contribution in [-0.4, -0.2) is 18.1 Å². The van der Waals surface area contributed by atoms with Crippen molar-refractivity contribution in [3.8, 4) is 5.75 Å². The second-order valence-electron chi connectivity index (χ2n) is 3.43.